The second-order valence-electron chi connectivity index (χ2n) is 13.3. The Morgan fingerprint density at radius 1 is 0.519 bits per heavy atom. The molecule has 0 unspecified atom stereocenters. The predicted molar refractivity (Wildman–Crippen MR) is 215 cm³/mol. The Bertz CT molecular complexity index is 3420. The van der Waals surface area contributed by atoms with E-state index in [2.05, 4.69) is 126 Å². The first-order valence-corrected chi connectivity index (χ1v) is 18.1. The first-order valence-electron chi connectivity index (χ1n) is 17.3. The molecule has 12 rings (SSSR count). The molecule has 0 saturated heterocycles. The van der Waals surface area contributed by atoms with Gasteiger partial charge in [-0.1, -0.05) is 103 Å². The van der Waals surface area contributed by atoms with Gasteiger partial charge in [0.25, 0.3) is 0 Å². The van der Waals surface area contributed by atoms with Gasteiger partial charge in [0.2, 0.25) is 0 Å². The van der Waals surface area contributed by atoms with E-state index in [4.69, 9.17) is 18.8 Å². The van der Waals surface area contributed by atoms with Crippen molar-refractivity contribution >= 4 is 97.3 Å². The van der Waals surface area contributed by atoms with Crippen molar-refractivity contribution in [1.29, 1.82) is 0 Å². The zero-order valence-corrected chi connectivity index (χ0v) is 28.3. The number of benzene rings is 7. The Hall–Kier alpha value is -6.76. The fourth-order valence-corrected chi connectivity index (χ4v) is 9.30. The molecule has 7 aromatic carbocycles. The number of fused-ring (bicyclic) bond motifs is 13. The van der Waals surface area contributed by atoms with E-state index in [9.17, 15) is 0 Å². The van der Waals surface area contributed by atoms with Crippen LogP contribution in [0.1, 0.15) is 0 Å². The van der Waals surface area contributed by atoms with Crippen LogP contribution in [0.2, 0.25) is 0 Å². The third-order valence-corrected chi connectivity index (χ3v) is 11.6. The lowest BCUT2D eigenvalue weighted by Gasteiger charge is -2.09. The van der Waals surface area contributed by atoms with Crippen LogP contribution in [0.4, 0.5) is 0 Å². The summed E-state index contributed by atoms with van der Waals surface area (Å²) in [5, 5.41) is 7.70. The highest BCUT2D eigenvalue weighted by Crippen LogP contribution is 2.44. The van der Waals surface area contributed by atoms with E-state index < -0.39 is 0 Å². The lowest BCUT2D eigenvalue weighted by Crippen LogP contribution is -1.94. The average molecular weight is 684 g/mol. The van der Waals surface area contributed by atoms with Gasteiger partial charge in [-0.25, -0.2) is 9.97 Å². The highest BCUT2D eigenvalue weighted by atomic mass is 32.1. The number of nitrogens with zero attached hydrogens (tertiary/aromatic N) is 3. The molecule has 0 spiro atoms. The molecule has 0 aliphatic heterocycles. The van der Waals surface area contributed by atoms with Gasteiger partial charge in [-0.3, -0.25) is 0 Å². The van der Waals surface area contributed by atoms with Crippen molar-refractivity contribution in [2.75, 3.05) is 0 Å². The summed E-state index contributed by atoms with van der Waals surface area (Å²) >= 11 is 1.75. The molecule has 0 bridgehead atoms. The van der Waals surface area contributed by atoms with Gasteiger partial charge in [-0.15, -0.1) is 11.3 Å². The van der Waals surface area contributed by atoms with Crippen LogP contribution in [-0.2, 0) is 0 Å². The van der Waals surface area contributed by atoms with Crippen LogP contribution in [0.5, 0.6) is 0 Å². The summed E-state index contributed by atoms with van der Waals surface area (Å²) in [4.78, 5) is 10.6. The normalized spacial score (nSPS) is 12.2. The zero-order valence-electron chi connectivity index (χ0n) is 27.5. The van der Waals surface area contributed by atoms with Crippen molar-refractivity contribution in [3.05, 3.63) is 152 Å². The maximum Gasteiger partial charge on any atom is 0.161 e. The monoisotopic (exact) mass is 683 g/mol. The molecule has 12 aromatic rings. The quantitative estimate of drug-likeness (QED) is 0.186. The Labute approximate surface area is 299 Å². The van der Waals surface area contributed by atoms with E-state index in [1.165, 1.54) is 10.1 Å². The lowest BCUT2D eigenvalue weighted by atomic mass is 10.0. The van der Waals surface area contributed by atoms with E-state index in [0.717, 1.165) is 98.4 Å². The van der Waals surface area contributed by atoms with E-state index >= 15 is 0 Å². The molecule has 0 aliphatic rings. The van der Waals surface area contributed by atoms with Crippen LogP contribution in [0, 0.1) is 0 Å². The van der Waals surface area contributed by atoms with Gasteiger partial charge in [0.05, 0.1) is 32.6 Å². The third kappa shape index (κ3) is 3.81. The Morgan fingerprint density at radius 2 is 1.27 bits per heavy atom. The van der Waals surface area contributed by atoms with Crippen LogP contribution < -0.4 is 0 Å². The maximum absolute atomic E-state index is 6.68. The fourth-order valence-electron chi connectivity index (χ4n) is 8.14. The van der Waals surface area contributed by atoms with Crippen molar-refractivity contribution < 1.29 is 8.83 Å². The summed E-state index contributed by atoms with van der Waals surface area (Å²) in [6.45, 7) is 0. The number of rotatable bonds is 3. The Kier molecular flexibility index (Phi) is 5.59. The molecule has 0 amide bonds. The summed E-state index contributed by atoms with van der Waals surface area (Å²) in [5.41, 5.74) is 10.4. The number of furan rings is 2. The van der Waals surface area contributed by atoms with Gasteiger partial charge in [-0.05, 0) is 42.5 Å². The summed E-state index contributed by atoms with van der Waals surface area (Å²) in [6.07, 6.45) is 0. The van der Waals surface area contributed by atoms with Gasteiger partial charge < -0.3 is 13.4 Å². The summed E-state index contributed by atoms with van der Waals surface area (Å²) < 4.78 is 17.9. The maximum atomic E-state index is 6.68. The third-order valence-electron chi connectivity index (χ3n) is 10.4. The highest BCUT2D eigenvalue weighted by molar-refractivity contribution is 7.26. The number of para-hydroxylation sites is 2. The molecule has 0 radical (unpaired) electrons. The van der Waals surface area contributed by atoms with Crippen LogP contribution in [0.3, 0.4) is 0 Å². The molecule has 5 nitrogen and oxygen atoms in total. The molecule has 0 fully saturated rings. The largest absolute Gasteiger partial charge is 0.456 e. The predicted octanol–water partition coefficient (Wildman–Crippen LogP) is 13.1. The molecule has 52 heavy (non-hydrogen) atoms. The lowest BCUT2D eigenvalue weighted by molar-refractivity contribution is 0.668. The Morgan fingerprint density at radius 3 is 2.19 bits per heavy atom. The standard InChI is InChI=1S/C46H25N3O2S/c1-2-11-26(12-3-1)41-45-42(33-15-6-9-20-39(33)52-45)48-46(47-41)34-16-10-19-37-40(34)32-22-21-27(25-38(32)50-37)49-35-17-7-4-13-28(35)30-23-24-31-29-14-5-8-18-36(29)51-44(31)43(30)49/h1-25H. The number of aromatic nitrogens is 3. The summed E-state index contributed by atoms with van der Waals surface area (Å²) in [5.74, 6) is 0.682. The fraction of sp³-hybridized carbons (Fsp3) is 0. The topological polar surface area (TPSA) is 57.0 Å². The van der Waals surface area contributed by atoms with Crippen molar-refractivity contribution in [2.45, 2.75) is 0 Å². The number of hydrogen-bond donors (Lipinski definition) is 0. The highest BCUT2D eigenvalue weighted by Gasteiger charge is 2.22. The Balaban J connectivity index is 1.11. The molecule has 0 aliphatic carbocycles. The van der Waals surface area contributed by atoms with E-state index in [0.29, 0.717) is 5.82 Å². The minimum atomic E-state index is 0.682. The van der Waals surface area contributed by atoms with E-state index in [1.807, 2.05) is 30.3 Å². The van der Waals surface area contributed by atoms with Gasteiger partial charge in [-0.2, -0.15) is 0 Å². The SMILES string of the molecule is c1ccc(-c2nc(-c3cccc4oc5cc(-n6c7ccccc7c7ccc8c9ccccc9oc8c76)ccc5c34)nc3c2sc2ccccc23)cc1. The second-order valence-corrected chi connectivity index (χ2v) is 14.3. The molecule has 6 heteroatoms. The second kappa shape index (κ2) is 10.4. The minimum absolute atomic E-state index is 0.682. The first-order chi connectivity index (χ1) is 25.8. The van der Waals surface area contributed by atoms with Gasteiger partial charge in [0.1, 0.15) is 16.7 Å². The van der Waals surface area contributed by atoms with Crippen molar-refractivity contribution in [3.8, 4) is 28.3 Å². The average Bonchev–Trinajstić information content (AvgIpc) is 3.96. The van der Waals surface area contributed by atoms with E-state index in [-0.39, 0.29) is 0 Å². The van der Waals surface area contributed by atoms with Gasteiger partial charge in [0, 0.05) is 59.6 Å². The van der Waals surface area contributed by atoms with Crippen molar-refractivity contribution in [1.82, 2.24) is 14.5 Å². The molecule has 0 atom stereocenters. The first kappa shape index (κ1) is 28.0. The van der Waals surface area contributed by atoms with Gasteiger partial charge in [0.15, 0.2) is 11.4 Å². The van der Waals surface area contributed by atoms with Crippen LogP contribution in [-0.4, -0.2) is 14.5 Å². The molecular weight excluding hydrogens is 659 g/mol. The minimum Gasteiger partial charge on any atom is -0.456 e. The smallest absolute Gasteiger partial charge is 0.161 e. The number of hydrogen-bond acceptors (Lipinski definition) is 5. The van der Waals surface area contributed by atoms with Gasteiger partial charge >= 0.3 is 0 Å². The van der Waals surface area contributed by atoms with Crippen LogP contribution >= 0.6 is 11.3 Å². The zero-order chi connectivity index (χ0) is 33.9. The summed E-state index contributed by atoms with van der Waals surface area (Å²) in [7, 11) is 0. The number of thiophene rings is 1. The summed E-state index contributed by atoms with van der Waals surface area (Å²) in [6, 6.07) is 52.8. The molecule has 0 N–H and O–H groups in total. The molecule has 242 valence electrons. The van der Waals surface area contributed by atoms with E-state index in [1.54, 1.807) is 11.3 Å². The molecular formula is C46H25N3O2S. The van der Waals surface area contributed by atoms with Crippen LogP contribution in [0.25, 0.3) is 114 Å². The molecule has 5 heterocycles. The molecule has 5 aromatic heterocycles. The van der Waals surface area contributed by atoms with Crippen molar-refractivity contribution in [2.24, 2.45) is 0 Å². The van der Waals surface area contributed by atoms with Crippen molar-refractivity contribution in [3.63, 3.8) is 0 Å². The molecule has 0 saturated carbocycles. The van der Waals surface area contributed by atoms with Crippen LogP contribution in [0.15, 0.2) is 160 Å².